The third-order valence-electron chi connectivity index (χ3n) is 4.44. The van der Waals surface area contributed by atoms with E-state index in [4.69, 9.17) is 9.47 Å². The average Bonchev–Trinajstić information content (AvgIpc) is 3.34. The third-order valence-corrected chi connectivity index (χ3v) is 6.27. The Morgan fingerprint density at radius 1 is 1.09 bits per heavy atom. The first kappa shape index (κ1) is 24.0. The Kier molecular flexibility index (Phi) is 8.08. The predicted molar refractivity (Wildman–Crippen MR) is 125 cm³/mol. The lowest BCUT2D eigenvalue weighted by molar-refractivity contribution is -0.115. The minimum atomic E-state index is -0.389. The normalized spacial score (nSPS) is 13.1. The van der Waals surface area contributed by atoms with E-state index in [0.717, 1.165) is 10.8 Å². The maximum atomic E-state index is 12.6. The van der Waals surface area contributed by atoms with E-state index in [1.165, 1.54) is 23.1 Å². The van der Waals surface area contributed by atoms with Gasteiger partial charge < -0.3 is 14.0 Å². The highest BCUT2D eigenvalue weighted by Crippen LogP contribution is 2.29. The Hall–Kier alpha value is -2.66. The van der Waals surface area contributed by atoms with Crippen molar-refractivity contribution in [1.82, 2.24) is 25.0 Å². The van der Waals surface area contributed by atoms with Crippen LogP contribution in [0.5, 0.6) is 11.5 Å². The van der Waals surface area contributed by atoms with Gasteiger partial charge in [-0.1, -0.05) is 36.9 Å². The Morgan fingerprint density at radius 3 is 2.38 bits per heavy atom. The fourth-order valence-electron chi connectivity index (χ4n) is 2.90. The van der Waals surface area contributed by atoms with Crippen molar-refractivity contribution in [2.24, 2.45) is 5.92 Å². The van der Waals surface area contributed by atoms with E-state index < -0.39 is 0 Å². The zero-order chi connectivity index (χ0) is 23.3. The van der Waals surface area contributed by atoms with Crippen LogP contribution in [0.2, 0.25) is 0 Å². The highest BCUT2D eigenvalue weighted by Gasteiger charge is 2.24. The Balaban J connectivity index is 1.73. The van der Waals surface area contributed by atoms with Crippen molar-refractivity contribution in [2.75, 3.05) is 12.4 Å². The number of nitrogens with one attached hydrogen (secondary N) is 1. The molecule has 0 aliphatic heterocycles. The molecule has 0 aliphatic carbocycles. The number of aromatic nitrogens is 5. The van der Waals surface area contributed by atoms with Crippen molar-refractivity contribution in [3.05, 3.63) is 35.1 Å². The van der Waals surface area contributed by atoms with Gasteiger partial charge in [-0.3, -0.25) is 10.1 Å². The van der Waals surface area contributed by atoms with Crippen LogP contribution in [0.15, 0.2) is 29.4 Å². The molecule has 9 nitrogen and oxygen atoms in total. The van der Waals surface area contributed by atoms with Crippen molar-refractivity contribution in [3.63, 3.8) is 0 Å². The molecular formula is C21H28N6O3S2. The van der Waals surface area contributed by atoms with Gasteiger partial charge in [0.05, 0.1) is 12.4 Å². The van der Waals surface area contributed by atoms with Crippen LogP contribution in [-0.2, 0) is 11.3 Å². The Bertz CT molecular complexity index is 1030. The molecule has 2 atom stereocenters. The number of benzene rings is 1. The summed E-state index contributed by atoms with van der Waals surface area (Å²) >= 11 is 2.70. The van der Waals surface area contributed by atoms with E-state index in [1.807, 2.05) is 49.6 Å². The van der Waals surface area contributed by atoms with Crippen LogP contribution in [0.1, 0.15) is 44.6 Å². The summed E-state index contributed by atoms with van der Waals surface area (Å²) in [6, 6.07) is 7.41. The number of amides is 1. The second kappa shape index (κ2) is 10.8. The molecule has 0 radical (unpaired) electrons. The van der Waals surface area contributed by atoms with Gasteiger partial charge in [0.15, 0.2) is 17.1 Å². The lowest BCUT2D eigenvalue weighted by Crippen LogP contribution is -2.23. The molecule has 1 aromatic carbocycles. The lowest BCUT2D eigenvalue weighted by atomic mass is 10.2. The van der Waals surface area contributed by atoms with Crippen LogP contribution < -0.4 is 14.8 Å². The molecule has 172 valence electrons. The van der Waals surface area contributed by atoms with Gasteiger partial charge in [-0.25, -0.2) is 0 Å². The van der Waals surface area contributed by atoms with Crippen LogP contribution in [0, 0.1) is 12.8 Å². The zero-order valence-electron chi connectivity index (χ0n) is 19.0. The van der Waals surface area contributed by atoms with E-state index in [1.54, 1.807) is 7.11 Å². The quantitative estimate of drug-likeness (QED) is 0.430. The van der Waals surface area contributed by atoms with Gasteiger partial charge in [-0.15, -0.1) is 20.4 Å². The molecule has 0 aliphatic rings. The van der Waals surface area contributed by atoms with Gasteiger partial charge in [0.1, 0.15) is 16.5 Å². The topological polar surface area (TPSA) is 104 Å². The van der Waals surface area contributed by atoms with E-state index in [-0.39, 0.29) is 17.3 Å². The number of rotatable bonds is 10. The summed E-state index contributed by atoms with van der Waals surface area (Å²) in [7, 11) is 1.63. The minimum Gasteiger partial charge on any atom is -0.497 e. The Morgan fingerprint density at radius 2 is 1.78 bits per heavy atom. The highest BCUT2D eigenvalue weighted by molar-refractivity contribution is 8.00. The second-order valence-corrected chi connectivity index (χ2v) is 10.1. The molecule has 0 bridgehead atoms. The molecule has 3 aromatic rings. The maximum absolute atomic E-state index is 12.6. The summed E-state index contributed by atoms with van der Waals surface area (Å²) in [6.45, 7) is 10.6. The van der Waals surface area contributed by atoms with Crippen LogP contribution in [0.3, 0.4) is 0 Å². The van der Waals surface area contributed by atoms with Crippen molar-refractivity contribution in [2.45, 2.75) is 57.7 Å². The molecule has 1 N–H and O–H groups in total. The van der Waals surface area contributed by atoms with E-state index in [2.05, 4.69) is 39.6 Å². The molecule has 0 saturated carbocycles. The molecule has 2 unspecified atom stereocenters. The number of nitrogens with zero attached hydrogens (tertiary/aromatic N) is 5. The van der Waals surface area contributed by atoms with Crippen LogP contribution in [-0.4, -0.2) is 43.2 Å². The van der Waals surface area contributed by atoms with E-state index >= 15 is 0 Å². The first-order chi connectivity index (χ1) is 15.3. The van der Waals surface area contributed by atoms with Gasteiger partial charge in [-0.2, -0.15) is 0 Å². The first-order valence-electron chi connectivity index (χ1n) is 10.3. The molecule has 3 rings (SSSR count). The molecule has 2 aromatic heterocycles. The summed E-state index contributed by atoms with van der Waals surface area (Å²) in [5.41, 5.74) is 0. The standard InChI is InChI=1S/C21H28N6O3S2/c1-12(2)11-27-18(13(3)30-17-9-7-16(29-6)8-10-17)24-26-21(27)31-14(4)19(28)22-20-25-23-15(5)32-20/h7-10,12-14H,11H2,1-6H3,(H,22,25,28). The monoisotopic (exact) mass is 476 g/mol. The number of hydrogen-bond donors (Lipinski definition) is 1. The van der Waals surface area contributed by atoms with Crippen LogP contribution >= 0.6 is 23.1 Å². The second-order valence-electron chi connectivity index (χ2n) is 7.66. The first-order valence-corrected chi connectivity index (χ1v) is 12.0. The van der Waals surface area contributed by atoms with Gasteiger partial charge in [-0.05, 0) is 51.0 Å². The fourth-order valence-corrected chi connectivity index (χ4v) is 4.36. The number of ether oxygens (including phenoxy) is 2. The van der Waals surface area contributed by atoms with Gasteiger partial charge in [0, 0.05) is 6.54 Å². The number of hydrogen-bond acceptors (Lipinski definition) is 9. The molecular weight excluding hydrogens is 448 g/mol. The third kappa shape index (κ3) is 6.19. The largest absolute Gasteiger partial charge is 0.497 e. The minimum absolute atomic E-state index is 0.158. The number of aryl methyl sites for hydroxylation is 1. The summed E-state index contributed by atoms with van der Waals surface area (Å²) in [4.78, 5) is 12.6. The fraction of sp³-hybridized carbons (Fsp3) is 0.476. The van der Waals surface area contributed by atoms with Crippen molar-refractivity contribution >= 4 is 34.1 Å². The van der Waals surface area contributed by atoms with Crippen LogP contribution in [0.25, 0.3) is 0 Å². The predicted octanol–water partition coefficient (Wildman–Crippen LogP) is 4.36. The average molecular weight is 477 g/mol. The van der Waals surface area contributed by atoms with Gasteiger partial charge in [0.2, 0.25) is 11.0 Å². The summed E-state index contributed by atoms with van der Waals surface area (Å²) in [6.07, 6.45) is -0.322. The molecule has 11 heteroatoms. The molecule has 2 heterocycles. The van der Waals surface area contributed by atoms with Gasteiger partial charge >= 0.3 is 0 Å². The van der Waals surface area contributed by atoms with E-state index in [9.17, 15) is 4.79 Å². The summed E-state index contributed by atoms with van der Waals surface area (Å²) in [5.74, 6) is 2.40. The lowest BCUT2D eigenvalue weighted by Gasteiger charge is -2.18. The number of anilines is 1. The number of carbonyl (C=O) groups excluding carboxylic acids is 1. The smallest absolute Gasteiger partial charge is 0.239 e. The zero-order valence-corrected chi connectivity index (χ0v) is 20.7. The number of carbonyl (C=O) groups is 1. The van der Waals surface area contributed by atoms with Crippen molar-refractivity contribution in [1.29, 1.82) is 0 Å². The SMILES string of the molecule is COc1ccc(OC(C)c2nnc(SC(C)C(=O)Nc3nnc(C)s3)n2CC(C)C)cc1. The van der Waals surface area contributed by atoms with Crippen molar-refractivity contribution in [3.8, 4) is 11.5 Å². The number of methoxy groups -OCH3 is 1. The maximum Gasteiger partial charge on any atom is 0.239 e. The molecule has 0 fully saturated rings. The van der Waals surface area contributed by atoms with Crippen LogP contribution in [0.4, 0.5) is 5.13 Å². The molecule has 1 amide bonds. The van der Waals surface area contributed by atoms with E-state index in [0.29, 0.717) is 34.3 Å². The summed E-state index contributed by atoms with van der Waals surface area (Å²) in [5, 5.41) is 21.0. The Labute approximate surface area is 195 Å². The van der Waals surface area contributed by atoms with Crippen molar-refractivity contribution < 1.29 is 14.3 Å². The van der Waals surface area contributed by atoms with Gasteiger partial charge in [0.25, 0.3) is 0 Å². The molecule has 0 saturated heterocycles. The summed E-state index contributed by atoms with van der Waals surface area (Å²) < 4.78 is 13.3. The number of thioether (sulfide) groups is 1. The molecule has 0 spiro atoms. The molecule has 32 heavy (non-hydrogen) atoms. The highest BCUT2D eigenvalue weighted by atomic mass is 32.2.